The van der Waals surface area contributed by atoms with Crippen molar-refractivity contribution in [2.45, 2.75) is 57.6 Å². The van der Waals surface area contributed by atoms with Crippen LogP contribution >= 0.6 is 46.4 Å². The Hall–Kier alpha value is -2.49. The molecule has 2 amide bonds. The van der Waals surface area contributed by atoms with Crippen LogP contribution in [-0.4, -0.2) is 43.8 Å². The van der Waals surface area contributed by atoms with E-state index in [0.717, 1.165) is 9.87 Å². The fraction of sp³-hybridized carbons (Fsp3) is 0.310. The first-order chi connectivity index (χ1) is 19.3. The summed E-state index contributed by atoms with van der Waals surface area (Å²) in [6.07, 6.45) is 0.245. The fourth-order valence-corrected chi connectivity index (χ4v) is 6.58. The molecule has 0 aromatic heterocycles. The third kappa shape index (κ3) is 7.87. The Morgan fingerprint density at radius 2 is 1.44 bits per heavy atom. The zero-order valence-electron chi connectivity index (χ0n) is 23.0. The molecule has 41 heavy (non-hydrogen) atoms. The smallest absolute Gasteiger partial charge is 0.264 e. The van der Waals surface area contributed by atoms with Gasteiger partial charge in [-0.3, -0.25) is 13.9 Å². The number of anilines is 1. The van der Waals surface area contributed by atoms with E-state index >= 15 is 0 Å². The van der Waals surface area contributed by atoms with Crippen LogP contribution in [0.1, 0.15) is 38.3 Å². The second-order valence-corrected chi connectivity index (χ2v) is 13.2. The molecule has 0 saturated carbocycles. The standard InChI is InChI=1S/C29H31Cl4N3O4S/c1-5-25(29(38)34-18(2)3)35(16-21-22(30)8-6-9-23(21)31)27(37)17-36(26-11-7-10-24(32)28(26)33)41(39,40)20-14-12-19(4)13-15-20/h6-15,18,25H,5,16-17H2,1-4H3,(H,34,38)/t25-/m0/s1. The number of rotatable bonds is 11. The van der Waals surface area contributed by atoms with E-state index < -0.39 is 34.4 Å². The molecule has 0 heterocycles. The highest BCUT2D eigenvalue weighted by molar-refractivity contribution is 7.92. The lowest BCUT2D eigenvalue weighted by Gasteiger charge is -2.34. The predicted molar refractivity (Wildman–Crippen MR) is 167 cm³/mol. The topological polar surface area (TPSA) is 86.8 Å². The van der Waals surface area contributed by atoms with Crippen LogP contribution in [0, 0.1) is 6.92 Å². The van der Waals surface area contributed by atoms with Crippen LogP contribution in [-0.2, 0) is 26.2 Å². The highest BCUT2D eigenvalue weighted by atomic mass is 35.5. The lowest BCUT2D eigenvalue weighted by atomic mass is 10.1. The highest BCUT2D eigenvalue weighted by Gasteiger charge is 2.35. The molecule has 0 aliphatic rings. The van der Waals surface area contributed by atoms with Gasteiger partial charge in [0.2, 0.25) is 11.8 Å². The molecule has 0 saturated heterocycles. The summed E-state index contributed by atoms with van der Waals surface area (Å²) < 4.78 is 28.9. The maximum atomic E-state index is 14.2. The minimum absolute atomic E-state index is 0.0171. The first-order valence-electron chi connectivity index (χ1n) is 12.8. The van der Waals surface area contributed by atoms with E-state index in [2.05, 4.69) is 5.32 Å². The number of sulfonamides is 1. The zero-order chi connectivity index (χ0) is 30.5. The van der Waals surface area contributed by atoms with Gasteiger partial charge in [-0.2, -0.15) is 0 Å². The van der Waals surface area contributed by atoms with Gasteiger partial charge in [0, 0.05) is 28.2 Å². The Morgan fingerprint density at radius 1 is 0.878 bits per heavy atom. The normalized spacial score (nSPS) is 12.2. The number of aryl methyl sites for hydroxylation is 1. The van der Waals surface area contributed by atoms with Gasteiger partial charge in [0.25, 0.3) is 10.0 Å². The molecule has 0 bridgehead atoms. The minimum Gasteiger partial charge on any atom is -0.352 e. The molecule has 7 nitrogen and oxygen atoms in total. The quantitative estimate of drug-likeness (QED) is 0.237. The van der Waals surface area contributed by atoms with Crippen LogP contribution in [0.5, 0.6) is 0 Å². The summed E-state index contributed by atoms with van der Waals surface area (Å²) in [6, 6.07) is 14.5. The number of hydrogen-bond acceptors (Lipinski definition) is 4. The van der Waals surface area contributed by atoms with Gasteiger partial charge >= 0.3 is 0 Å². The summed E-state index contributed by atoms with van der Waals surface area (Å²) in [5, 5.41) is 3.52. The SMILES string of the molecule is CC[C@@H](C(=O)NC(C)C)N(Cc1c(Cl)cccc1Cl)C(=O)CN(c1cccc(Cl)c1Cl)S(=O)(=O)c1ccc(C)cc1. The number of nitrogens with zero attached hydrogens (tertiary/aromatic N) is 2. The number of hydrogen-bond donors (Lipinski definition) is 1. The molecule has 3 aromatic rings. The predicted octanol–water partition coefficient (Wildman–Crippen LogP) is 7.14. The van der Waals surface area contributed by atoms with Crippen molar-refractivity contribution in [3.8, 4) is 0 Å². The average Bonchev–Trinajstić information content (AvgIpc) is 2.90. The van der Waals surface area contributed by atoms with Crippen molar-refractivity contribution in [2.24, 2.45) is 0 Å². The summed E-state index contributed by atoms with van der Waals surface area (Å²) in [5.41, 5.74) is 1.30. The first-order valence-corrected chi connectivity index (χ1v) is 15.8. The van der Waals surface area contributed by atoms with Crippen molar-refractivity contribution in [1.29, 1.82) is 0 Å². The summed E-state index contributed by atoms with van der Waals surface area (Å²) in [4.78, 5) is 28.7. The van der Waals surface area contributed by atoms with E-state index in [1.807, 2.05) is 6.92 Å². The minimum atomic E-state index is -4.31. The van der Waals surface area contributed by atoms with E-state index in [1.165, 1.54) is 35.2 Å². The second kappa shape index (κ2) is 14.1. The molecule has 0 aliphatic heterocycles. The maximum absolute atomic E-state index is 14.2. The molecule has 3 aromatic carbocycles. The van der Waals surface area contributed by atoms with E-state index in [1.54, 1.807) is 51.1 Å². The van der Waals surface area contributed by atoms with Crippen molar-refractivity contribution in [3.05, 3.63) is 91.9 Å². The van der Waals surface area contributed by atoms with Crippen LogP contribution in [0.15, 0.2) is 65.6 Å². The van der Waals surface area contributed by atoms with Gasteiger partial charge in [0.1, 0.15) is 12.6 Å². The fourth-order valence-electron chi connectivity index (χ4n) is 4.19. The van der Waals surface area contributed by atoms with Gasteiger partial charge in [-0.1, -0.05) is 83.2 Å². The summed E-state index contributed by atoms with van der Waals surface area (Å²) in [5.74, 6) is -1.06. The molecular formula is C29H31Cl4N3O4S. The Balaban J connectivity index is 2.15. The Labute approximate surface area is 261 Å². The summed E-state index contributed by atoms with van der Waals surface area (Å²) in [7, 11) is -4.31. The molecule has 1 N–H and O–H groups in total. The summed E-state index contributed by atoms with van der Waals surface area (Å²) >= 11 is 25.6. The molecule has 12 heteroatoms. The number of carbonyl (C=O) groups excluding carboxylic acids is 2. The lowest BCUT2D eigenvalue weighted by Crippen LogP contribution is -2.53. The van der Waals surface area contributed by atoms with Crippen LogP contribution < -0.4 is 9.62 Å². The van der Waals surface area contributed by atoms with E-state index in [0.29, 0.717) is 15.6 Å². The molecule has 3 rings (SSSR count). The molecule has 220 valence electrons. The van der Waals surface area contributed by atoms with Crippen LogP contribution in [0.4, 0.5) is 5.69 Å². The van der Waals surface area contributed by atoms with Gasteiger partial charge in [-0.05, 0) is 63.6 Å². The summed E-state index contributed by atoms with van der Waals surface area (Å²) in [6.45, 7) is 6.38. The third-order valence-electron chi connectivity index (χ3n) is 6.29. The van der Waals surface area contributed by atoms with Crippen molar-refractivity contribution in [1.82, 2.24) is 10.2 Å². The van der Waals surface area contributed by atoms with Crippen LogP contribution in [0.3, 0.4) is 0 Å². The average molecular weight is 659 g/mol. The van der Waals surface area contributed by atoms with Gasteiger partial charge < -0.3 is 10.2 Å². The van der Waals surface area contributed by atoms with E-state index in [9.17, 15) is 18.0 Å². The van der Waals surface area contributed by atoms with Gasteiger partial charge in [-0.25, -0.2) is 8.42 Å². The number of benzene rings is 3. The van der Waals surface area contributed by atoms with Crippen molar-refractivity contribution < 1.29 is 18.0 Å². The number of carbonyl (C=O) groups is 2. The molecular weight excluding hydrogens is 628 g/mol. The van der Waals surface area contributed by atoms with Crippen LogP contribution in [0.25, 0.3) is 0 Å². The van der Waals surface area contributed by atoms with Crippen molar-refractivity contribution in [2.75, 3.05) is 10.8 Å². The maximum Gasteiger partial charge on any atom is 0.264 e. The monoisotopic (exact) mass is 657 g/mol. The Morgan fingerprint density at radius 3 is 2.00 bits per heavy atom. The molecule has 0 unspecified atom stereocenters. The molecule has 0 fully saturated rings. The zero-order valence-corrected chi connectivity index (χ0v) is 26.8. The largest absolute Gasteiger partial charge is 0.352 e. The van der Waals surface area contributed by atoms with Crippen molar-refractivity contribution in [3.63, 3.8) is 0 Å². The first kappa shape index (κ1) is 33.0. The van der Waals surface area contributed by atoms with Crippen molar-refractivity contribution >= 4 is 73.9 Å². The molecule has 0 radical (unpaired) electrons. The van der Waals surface area contributed by atoms with E-state index in [4.69, 9.17) is 46.4 Å². The highest BCUT2D eigenvalue weighted by Crippen LogP contribution is 2.36. The Kier molecular flexibility index (Phi) is 11.4. The molecule has 0 spiro atoms. The third-order valence-corrected chi connectivity index (χ3v) is 9.59. The van der Waals surface area contributed by atoms with E-state index in [-0.39, 0.29) is 39.6 Å². The molecule has 0 aliphatic carbocycles. The van der Waals surface area contributed by atoms with Gasteiger partial charge in [0.05, 0.1) is 20.6 Å². The van der Waals surface area contributed by atoms with Gasteiger partial charge in [0.15, 0.2) is 0 Å². The number of amides is 2. The lowest BCUT2D eigenvalue weighted by molar-refractivity contribution is -0.140. The number of nitrogens with one attached hydrogen (secondary N) is 1. The Bertz CT molecular complexity index is 1490. The molecule has 1 atom stereocenters. The van der Waals surface area contributed by atoms with Crippen LogP contribution in [0.2, 0.25) is 20.1 Å². The second-order valence-electron chi connectivity index (χ2n) is 9.71. The number of halogens is 4. The van der Waals surface area contributed by atoms with Gasteiger partial charge in [-0.15, -0.1) is 0 Å².